The highest BCUT2D eigenvalue weighted by Crippen LogP contribution is 2.05. The average Bonchev–Trinajstić information content (AvgIpc) is 2.17. The first-order valence-electron chi connectivity index (χ1n) is 4.72. The summed E-state index contributed by atoms with van der Waals surface area (Å²) in [5.74, 6) is 0.709. The molecule has 1 rings (SSSR count). The summed E-state index contributed by atoms with van der Waals surface area (Å²) in [7, 11) is 0. The van der Waals surface area contributed by atoms with Gasteiger partial charge < -0.3 is 16.4 Å². The summed E-state index contributed by atoms with van der Waals surface area (Å²) in [6, 6.07) is 1.87. The molecule has 0 unspecified atom stereocenters. The molecule has 1 heterocycles. The highest BCUT2D eigenvalue weighted by Gasteiger charge is 2.06. The number of aromatic nitrogens is 2. The molecular formula is C9H17N5. The number of hydrogen-bond acceptors (Lipinski definition) is 5. The summed E-state index contributed by atoms with van der Waals surface area (Å²) >= 11 is 0. The summed E-state index contributed by atoms with van der Waals surface area (Å²) < 4.78 is 0. The smallest absolute Gasteiger partial charge is 0.225 e. The Morgan fingerprint density at radius 1 is 1.29 bits per heavy atom. The average molecular weight is 195 g/mol. The van der Waals surface area contributed by atoms with Gasteiger partial charge in [-0.25, -0.2) is 9.97 Å². The van der Waals surface area contributed by atoms with E-state index in [0.717, 1.165) is 18.8 Å². The van der Waals surface area contributed by atoms with Gasteiger partial charge in [0.1, 0.15) is 0 Å². The fraction of sp³-hybridized carbons (Fsp3) is 0.556. The van der Waals surface area contributed by atoms with Crippen molar-refractivity contribution in [3.05, 3.63) is 18.0 Å². The van der Waals surface area contributed by atoms with Crippen molar-refractivity contribution >= 4 is 5.95 Å². The van der Waals surface area contributed by atoms with Gasteiger partial charge in [0, 0.05) is 38.1 Å². The van der Waals surface area contributed by atoms with Crippen LogP contribution in [-0.4, -0.2) is 36.1 Å². The van der Waals surface area contributed by atoms with E-state index >= 15 is 0 Å². The molecule has 0 spiro atoms. The molecule has 1 aromatic rings. The van der Waals surface area contributed by atoms with Crippen LogP contribution in [0.15, 0.2) is 12.3 Å². The predicted molar refractivity (Wildman–Crippen MR) is 57.1 cm³/mol. The zero-order chi connectivity index (χ0) is 10.4. The standard InChI is InChI=1S/C9H17N5/c1-8-2-5-12-9(13-8)14(6-3-10)7-4-11/h2,5H,3-4,6-7,10-11H2,1H3. The van der Waals surface area contributed by atoms with Crippen molar-refractivity contribution in [1.82, 2.24) is 9.97 Å². The van der Waals surface area contributed by atoms with E-state index < -0.39 is 0 Å². The van der Waals surface area contributed by atoms with Crippen molar-refractivity contribution in [1.29, 1.82) is 0 Å². The molecule has 0 aliphatic rings. The van der Waals surface area contributed by atoms with Gasteiger partial charge in [-0.1, -0.05) is 0 Å². The molecule has 5 heteroatoms. The SMILES string of the molecule is Cc1ccnc(N(CCN)CCN)n1. The summed E-state index contributed by atoms with van der Waals surface area (Å²) in [5, 5.41) is 0. The van der Waals surface area contributed by atoms with Crippen LogP contribution in [0, 0.1) is 6.92 Å². The quantitative estimate of drug-likeness (QED) is 0.662. The molecule has 0 aromatic carbocycles. The van der Waals surface area contributed by atoms with Crippen molar-refractivity contribution in [3.8, 4) is 0 Å². The van der Waals surface area contributed by atoms with Crippen molar-refractivity contribution in [3.63, 3.8) is 0 Å². The van der Waals surface area contributed by atoms with Crippen LogP contribution in [-0.2, 0) is 0 Å². The van der Waals surface area contributed by atoms with Crippen LogP contribution in [0.25, 0.3) is 0 Å². The molecular weight excluding hydrogens is 178 g/mol. The first-order valence-corrected chi connectivity index (χ1v) is 4.72. The first-order chi connectivity index (χ1) is 6.77. The summed E-state index contributed by atoms with van der Waals surface area (Å²) in [6.07, 6.45) is 1.75. The molecule has 0 aliphatic carbocycles. The number of rotatable bonds is 5. The Bertz CT molecular complexity index is 270. The van der Waals surface area contributed by atoms with Crippen LogP contribution in [0.1, 0.15) is 5.69 Å². The molecule has 0 radical (unpaired) electrons. The van der Waals surface area contributed by atoms with Crippen LogP contribution in [0.3, 0.4) is 0 Å². The van der Waals surface area contributed by atoms with Crippen LogP contribution >= 0.6 is 0 Å². The Morgan fingerprint density at radius 3 is 2.43 bits per heavy atom. The number of nitrogens with two attached hydrogens (primary N) is 2. The minimum atomic E-state index is 0.581. The monoisotopic (exact) mass is 195 g/mol. The van der Waals surface area contributed by atoms with Gasteiger partial charge in [0.05, 0.1) is 0 Å². The predicted octanol–water partition coefficient (Wildman–Crippen LogP) is -0.491. The molecule has 0 fully saturated rings. The third-order valence-corrected chi connectivity index (χ3v) is 1.86. The fourth-order valence-corrected chi connectivity index (χ4v) is 1.21. The van der Waals surface area contributed by atoms with Crippen LogP contribution < -0.4 is 16.4 Å². The van der Waals surface area contributed by atoms with Gasteiger partial charge in [-0.15, -0.1) is 0 Å². The molecule has 0 saturated heterocycles. The lowest BCUT2D eigenvalue weighted by Gasteiger charge is -2.20. The number of nitrogens with zero attached hydrogens (tertiary/aromatic N) is 3. The molecule has 14 heavy (non-hydrogen) atoms. The van der Waals surface area contributed by atoms with E-state index in [4.69, 9.17) is 11.5 Å². The van der Waals surface area contributed by atoms with E-state index in [0.29, 0.717) is 19.0 Å². The zero-order valence-electron chi connectivity index (χ0n) is 8.48. The number of hydrogen-bond donors (Lipinski definition) is 2. The molecule has 0 amide bonds. The zero-order valence-corrected chi connectivity index (χ0v) is 8.48. The Labute approximate surface area is 84.1 Å². The van der Waals surface area contributed by atoms with Gasteiger partial charge in [0.2, 0.25) is 5.95 Å². The highest BCUT2D eigenvalue weighted by atomic mass is 15.3. The maximum Gasteiger partial charge on any atom is 0.225 e. The summed E-state index contributed by atoms with van der Waals surface area (Å²) in [6.45, 7) is 4.57. The van der Waals surface area contributed by atoms with Gasteiger partial charge in [0.15, 0.2) is 0 Å². The fourth-order valence-electron chi connectivity index (χ4n) is 1.21. The maximum absolute atomic E-state index is 5.50. The van der Waals surface area contributed by atoms with Gasteiger partial charge in [-0.2, -0.15) is 0 Å². The van der Waals surface area contributed by atoms with E-state index in [1.807, 2.05) is 17.9 Å². The molecule has 78 valence electrons. The molecule has 0 atom stereocenters. The van der Waals surface area contributed by atoms with Crippen LogP contribution in [0.2, 0.25) is 0 Å². The van der Waals surface area contributed by atoms with Crippen molar-refractivity contribution in [2.75, 3.05) is 31.1 Å². The maximum atomic E-state index is 5.50. The molecule has 0 bridgehead atoms. The number of anilines is 1. The van der Waals surface area contributed by atoms with Gasteiger partial charge in [0.25, 0.3) is 0 Å². The Hall–Kier alpha value is -1.20. The molecule has 5 nitrogen and oxygen atoms in total. The first kappa shape index (κ1) is 10.9. The van der Waals surface area contributed by atoms with E-state index in [1.54, 1.807) is 6.20 Å². The Morgan fingerprint density at radius 2 is 1.93 bits per heavy atom. The lowest BCUT2D eigenvalue weighted by molar-refractivity contribution is 0.751. The third kappa shape index (κ3) is 2.93. The Kier molecular flexibility index (Phi) is 4.28. The van der Waals surface area contributed by atoms with Crippen LogP contribution in [0.4, 0.5) is 5.95 Å². The van der Waals surface area contributed by atoms with Crippen molar-refractivity contribution in [2.24, 2.45) is 11.5 Å². The second-order valence-corrected chi connectivity index (χ2v) is 3.06. The van der Waals surface area contributed by atoms with E-state index in [-0.39, 0.29) is 0 Å². The summed E-state index contributed by atoms with van der Waals surface area (Å²) in [4.78, 5) is 10.5. The third-order valence-electron chi connectivity index (χ3n) is 1.86. The normalized spacial score (nSPS) is 10.2. The van der Waals surface area contributed by atoms with Crippen molar-refractivity contribution in [2.45, 2.75) is 6.92 Å². The topological polar surface area (TPSA) is 81.1 Å². The van der Waals surface area contributed by atoms with Gasteiger partial charge in [-0.3, -0.25) is 0 Å². The van der Waals surface area contributed by atoms with Crippen LogP contribution in [0.5, 0.6) is 0 Å². The molecule has 4 N–H and O–H groups in total. The van der Waals surface area contributed by atoms with E-state index in [9.17, 15) is 0 Å². The van der Waals surface area contributed by atoms with Crippen molar-refractivity contribution < 1.29 is 0 Å². The molecule has 1 aromatic heterocycles. The summed E-state index contributed by atoms with van der Waals surface area (Å²) in [5.41, 5.74) is 11.9. The minimum Gasteiger partial charge on any atom is -0.338 e. The Balaban J connectivity index is 2.75. The lowest BCUT2D eigenvalue weighted by Crippen LogP contribution is -2.35. The lowest BCUT2D eigenvalue weighted by atomic mass is 10.4. The van der Waals surface area contributed by atoms with Gasteiger partial charge >= 0.3 is 0 Å². The largest absolute Gasteiger partial charge is 0.338 e. The van der Waals surface area contributed by atoms with Gasteiger partial charge in [-0.05, 0) is 13.0 Å². The highest BCUT2D eigenvalue weighted by molar-refractivity contribution is 5.29. The second kappa shape index (κ2) is 5.51. The van der Waals surface area contributed by atoms with E-state index in [2.05, 4.69) is 9.97 Å². The minimum absolute atomic E-state index is 0.581. The molecule has 0 saturated carbocycles. The molecule has 0 aliphatic heterocycles. The number of aryl methyl sites for hydroxylation is 1. The van der Waals surface area contributed by atoms with E-state index in [1.165, 1.54) is 0 Å². The second-order valence-electron chi connectivity index (χ2n) is 3.06.